The van der Waals surface area contributed by atoms with Gasteiger partial charge in [-0.05, 0) is 35.4 Å². The number of nitrogen functional groups attached to an aromatic ring is 1. The Balaban J connectivity index is 0.000000229. The highest BCUT2D eigenvalue weighted by molar-refractivity contribution is 7.19. The molecule has 0 aliphatic carbocycles. The lowest BCUT2D eigenvalue weighted by atomic mass is 10.1. The molecule has 0 amide bonds. The van der Waals surface area contributed by atoms with Crippen LogP contribution in [0.25, 0.3) is 10.4 Å². The summed E-state index contributed by atoms with van der Waals surface area (Å²) in [6.07, 6.45) is 0. The van der Waals surface area contributed by atoms with Crippen molar-refractivity contribution in [2.45, 2.75) is 5.38 Å². The normalized spacial score (nSPS) is 11.0. The minimum Gasteiger partial charge on any atom is -0.464 e. The number of ketones is 1. The van der Waals surface area contributed by atoms with Gasteiger partial charge in [0.2, 0.25) is 0 Å². The first-order valence-electron chi connectivity index (χ1n) is 8.80. The van der Waals surface area contributed by atoms with Crippen LogP contribution in [0, 0.1) is 0 Å². The van der Waals surface area contributed by atoms with Crippen molar-refractivity contribution in [2.24, 2.45) is 0 Å². The van der Waals surface area contributed by atoms with Crippen molar-refractivity contribution in [1.82, 2.24) is 4.98 Å². The molecule has 2 aromatic carbocycles. The number of carbonyl (C=O) groups is 3. The number of esters is 2. The van der Waals surface area contributed by atoms with Crippen molar-refractivity contribution in [3.05, 3.63) is 69.8 Å². The van der Waals surface area contributed by atoms with E-state index in [0.29, 0.717) is 25.6 Å². The molecule has 1 aromatic heterocycles. The number of aromatic nitrogens is 1. The lowest BCUT2D eigenvalue weighted by Crippen LogP contribution is -2.20. The predicted octanol–water partition coefficient (Wildman–Crippen LogP) is 5.19. The minimum atomic E-state index is -1.06. The second kappa shape index (κ2) is 11.8. The third-order valence-corrected chi connectivity index (χ3v) is 5.72. The van der Waals surface area contributed by atoms with Gasteiger partial charge in [0.25, 0.3) is 5.78 Å². The molecule has 0 aliphatic heterocycles. The van der Waals surface area contributed by atoms with Crippen LogP contribution in [0.5, 0.6) is 0 Å². The summed E-state index contributed by atoms with van der Waals surface area (Å²) in [4.78, 5) is 38.4. The van der Waals surface area contributed by atoms with E-state index in [1.54, 1.807) is 36.4 Å². The predicted molar refractivity (Wildman–Crippen MR) is 125 cm³/mol. The molecule has 0 saturated heterocycles. The van der Waals surface area contributed by atoms with E-state index in [0.717, 1.165) is 12.7 Å². The summed E-state index contributed by atoms with van der Waals surface area (Å²) in [6, 6.07) is 13.6. The summed E-state index contributed by atoms with van der Waals surface area (Å²) >= 11 is 18.6. The lowest BCUT2D eigenvalue weighted by Gasteiger charge is -2.07. The standard InChI is InChI=1S/C11H9ClN2O2S.C10H8Cl2O3/c1-16-10(15)8-9(17-11(13)14-8)6-3-2-4-7(12)5-6;1-15-10(14)9(13)8(12)6-3-2-4-7(11)5-6/h2-5H,1H3,(H2,13,14);2-5,8H,1H3. The summed E-state index contributed by atoms with van der Waals surface area (Å²) in [5, 5.41) is 0.303. The fraction of sp³-hybridized carbons (Fsp3) is 0.143. The number of nitrogens with zero attached hydrogens (tertiary/aromatic N) is 1. The van der Waals surface area contributed by atoms with Crippen molar-refractivity contribution in [2.75, 3.05) is 20.0 Å². The molecule has 0 bridgehead atoms. The number of carbonyl (C=O) groups excluding carboxylic acids is 3. The highest BCUT2D eigenvalue weighted by atomic mass is 35.5. The van der Waals surface area contributed by atoms with Gasteiger partial charge in [-0.25, -0.2) is 14.6 Å². The number of hydrogen-bond acceptors (Lipinski definition) is 8. The number of alkyl halides is 1. The highest BCUT2D eigenvalue weighted by Crippen LogP contribution is 2.33. The summed E-state index contributed by atoms with van der Waals surface area (Å²) in [5.74, 6) is -2.27. The Morgan fingerprint density at radius 1 is 1.00 bits per heavy atom. The van der Waals surface area contributed by atoms with E-state index in [4.69, 9.17) is 40.5 Å². The maximum Gasteiger partial charge on any atom is 0.376 e. The number of rotatable bonds is 5. The van der Waals surface area contributed by atoms with Gasteiger partial charge in [-0.1, -0.05) is 58.8 Å². The molecule has 3 aromatic rings. The van der Waals surface area contributed by atoms with Crippen LogP contribution in [0.3, 0.4) is 0 Å². The van der Waals surface area contributed by atoms with Crippen LogP contribution < -0.4 is 5.73 Å². The Bertz CT molecular complexity index is 1140. The smallest absolute Gasteiger partial charge is 0.376 e. The number of halogens is 3. The Kier molecular flexibility index (Phi) is 9.46. The van der Waals surface area contributed by atoms with E-state index < -0.39 is 23.1 Å². The van der Waals surface area contributed by atoms with Crippen molar-refractivity contribution in [3.63, 3.8) is 0 Å². The molecule has 0 spiro atoms. The molecular formula is C21H17Cl3N2O5S. The van der Waals surface area contributed by atoms with Crippen LogP contribution in [0.2, 0.25) is 10.0 Å². The zero-order valence-electron chi connectivity index (χ0n) is 16.8. The van der Waals surface area contributed by atoms with Gasteiger partial charge in [0.1, 0.15) is 5.38 Å². The van der Waals surface area contributed by atoms with Crippen LogP contribution in [-0.2, 0) is 19.1 Å². The van der Waals surface area contributed by atoms with Gasteiger partial charge >= 0.3 is 11.9 Å². The van der Waals surface area contributed by atoms with Gasteiger partial charge in [-0.15, -0.1) is 11.6 Å². The average molecular weight is 516 g/mol. The van der Waals surface area contributed by atoms with E-state index in [2.05, 4.69) is 14.5 Å². The Hall–Kier alpha value is -2.65. The quantitative estimate of drug-likeness (QED) is 0.283. The van der Waals surface area contributed by atoms with Crippen LogP contribution >= 0.6 is 46.1 Å². The maximum absolute atomic E-state index is 11.5. The van der Waals surface area contributed by atoms with E-state index in [-0.39, 0.29) is 5.69 Å². The number of ether oxygens (including phenoxy) is 2. The van der Waals surface area contributed by atoms with Crippen molar-refractivity contribution in [1.29, 1.82) is 0 Å². The lowest BCUT2D eigenvalue weighted by molar-refractivity contribution is -0.151. The number of hydrogen-bond donors (Lipinski definition) is 1. The largest absolute Gasteiger partial charge is 0.464 e. The zero-order valence-corrected chi connectivity index (χ0v) is 19.9. The molecule has 1 heterocycles. The second-order valence-corrected chi connectivity index (χ2v) is 8.35. The topological polar surface area (TPSA) is 109 Å². The van der Waals surface area contributed by atoms with E-state index in [1.807, 2.05) is 6.07 Å². The fourth-order valence-electron chi connectivity index (χ4n) is 2.42. The van der Waals surface area contributed by atoms with Crippen LogP contribution in [0.1, 0.15) is 21.4 Å². The molecule has 0 radical (unpaired) electrons. The molecule has 0 saturated carbocycles. The molecule has 7 nitrogen and oxygen atoms in total. The number of Topliss-reactive ketones (excluding diaryl/α,β-unsaturated/α-hetero) is 1. The molecule has 0 fully saturated rings. The van der Waals surface area contributed by atoms with Gasteiger partial charge in [-0.3, -0.25) is 4.79 Å². The van der Waals surface area contributed by atoms with Crippen LogP contribution in [-0.4, -0.2) is 36.9 Å². The number of anilines is 1. The van der Waals surface area contributed by atoms with Gasteiger partial charge in [0, 0.05) is 10.0 Å². The van der Waals surface area contributed by atoms with Crippen LogP contribution in [0.15, 0.2) is 48.5 Å². The molecule has 1 unspecified atom stereocenters. The third kappa shape index (κ3) is 6.67. The number of methoxy groups -OCH3 is 2. The van der Waals surface area contributed by atoms with Crippen molar-refractivity contribution >= 4 is 69.0 Å². The number of thiazole rings is 1. The summed E-state index contributed by atoms with van der Waals surface area (Å²) in [7, 11) is 2.43. The van der Waals surface area contributed by atoms with E-state index >= 15 is 0 Å². The van der Waals surface area contributed by atoms with Gasteiger partial charge in [-0.2, -0.15) is 0 Å². The second-order valence-electron chi connectivity index (χ2n) is 6.01. The van der Waals surface area contributed by atoms with E-state index in [1.165, 1.54) is 24.5 Å². The minimum absolute atomic E-state index is 0.220. The van der Waals surface area contributed by atoms with E-state index in [9.17, 15) is 14.4 Å². The zero-order chi connectivity index (χ0) is 23.8. The van der Waals surface area contributed by atoms with Crippen molar-refractivity contribution in [3.8, 4) is 10.4 Å². The van der Waals surface area contributed by atoms with Gasteiger partial charge in [0.15, 0.2) is 10.8 Å². The summed E-state index contributed by atoms with van der Waals surface area (Å²) in [6.45, 7) is 0. The highest BCUT2D eigenvalue weighted by Gasteiger charge is 2.25. The Labute approximate surface area is 203 Å². The molecule has 2 N–H and O–H groups in total. The first-order chi connectivity index (χ1) is 15.2. The van der Waals surface area contributed by atoms with Gasteiger partial charge in [0.05, 0.1) is 19.1 Å². The first-order valence-corrected chi connectivity index (χ1v) is 10.8. The number of benzene rings is 2. The summed E-state index contributed by atoms with van der Waals surface area (Å²) in [5.41, 5.74) is 7.10. The average Bonchev–Trinajstić information content (AvgIpc) is 3.19. The molecule has 11 heteroatoms. The van der Waals surface area contributed by atoms with Crippen molar-refractivity contribution < 1.29 is 23.9 Å². The third-order valence-electron chi connectivity index (χ3n) is 3.87. The summed E-state index contributed by atoms with van der Waals surface area (Å²) < 4.78 is 8.94. The molecule has 3 rings (SSSR count). The van der Waals surface area contributed by atoms with Gasteiger partial charge < -0.3 is 15.2 Å². The number of nitrogens with two attached hydrogens (primary N) is 1. The molecule has 1 atom stereocenters. The molecular weight excluding hydrogens is 499 g/mol. The van der Waals surface area contributed by atoms with Crippen LogP contribution in [0.4, 0.5) is 5.13 Å². The molecule has 168 valence electrons. The molecule has 0 aliphatic rings. The maximum atomic E-state index is 11.5. The fourth-order valence-corrected chi connectivity index (χ4v) is 3.85. The Morgan fingerprint density at radius 2 is 1.62 bits per heavy atom. The SMILES string of the molecule is COC(=O)C(=O)C(Cl)c1cccc(Cl)c1.COC(=O)c1nc(N)sc1-c1cccc(Cl)c1. The monoisotopic (exact) mass is 514 g/mol. The molecule has 32 heavy (non-hydrogen) atoms. The Morgan fingerprint density at radius 3 is 2.19 bits per heavy atom. The first kappa shape index (κ1) is 25.6.